The van der Waals surface area contributed by atoms with E-state index in [9.17, 15) is 5.11 Å². The highest BCUT2D eigenvalue weighted by molar-refractivity contribution is 5.99. The van der Waals surface area contributed by atoms with Crippen molar-refractivity contribution in [3.8, 4) is 17.0 Å². The Morgan fingerprint density at radius 1 is 1.30 bits per heavy atom. The molecule has 5 rings (SSSR count). The molecule has 1 aliphatic rings. The Kier molecular flexibility index (Phi) is 3.32. The van der Waals surface area contributed by atoms with Gasteiger partial charge in [0.1, 0.15) is 5.65 Å². The monoisotopic (exact) mass is 362 g/mol. The van der Waals surface area contributed by atoms with Crippen molar-refractivity contribution in [2.24, 2.45) is 4.99 Å². The van der Waals surface area contributed by atoms with Crippen molar-refractivity contribution in [1.82, 2.24) is 24.6 Å². The van der Waals surface area contributed by atoms with E-state index in [1.165, 1.54) is 0 Å². The van der Waals surface area contributed by atoms with Gasteiger partial charge in [0, 0.05) is 42.7 Å². The third kappa shape index (κ3) is 2.65. The molecule has 2 N–H and O–H groups in total. The fraction of sp³-hybridized carbons (Fsp3) is 0.263. The van der Waals surface area contributed by atoms with Gasteiger partial charge in [-0.1, -0.05) is 0 Å². The lowest BCUT2D eigenvalue weighted by molar-refractivity contribution is 0.0500. The molecule has 1 saturated carbocycles. The molecule has 136 valence electrons. The lowest BCUT2D eigenvalue weighted by Gasteiger charge is -2.33. The van der Waals surface area contributed by atoms with E-state index in [0.29, 0.717) is 30.3 Å². The summed E-state index contributed by atoms with van der Waals surface area (Å²) < 4.78 is 7.34. The van der Waals surface area contributed by atoms with E-state index < -0.39 is 5.60 Å². The number of pyridine rings is 1. The van der Waals surface area contributed by atoms with E-state index in [2.05, 4.69) is 31.1 Å². The number of nitrogens with one attached hydrogen (secondary N) is 1. The summed E-state index contributed by atoms with van der Waals surface area (Å²) in [6, 6.07) is 6.00. The molecule has 0 amide bonds. The number of fused-ring (bicyclic) bond motifs is 2. The number of hydrogen-bond acceptors (Lipinski definition) is 6. The molecule has 0 atom stereocenters. The zero-order valence-electron chi connectivity index (χ0n) is 15.0. The van der Waals surface area contributed by atoms with Crippen LogP contribution < -0.4 is 4.74 Å². The fourth-order valence-electron chi connectivity index (χ4n) is 3.55. The van der Waals surface area contributed by atoms with Crippen LogP contribution in [-0.4, -0.2) is 48.1 Å². The SMILES string of the molecule is COc1nc(N=C2CC(C)(O)C2)nc2[nH]cc(-c3ccn4nccc4c3)c12. The van der Waals surface area contributed by atoms with Gasteiger partial charge >= 0.3 is 0 Å². The summed E-state index contributed by atoms with van der Waals surface area (Å²) in [6.45, 7) is 1.80. The van der Waals surface area contributed by atoms with Crippen LogP contribution in [0.4, 0.5) is 5.95 Å². The number of methoxy groups -OCH3 is 1. The van der Waals surface area contributed by atoms with Gasteiger partial charge in [0.05, 0.1) is 23.6 Å². The van der Waals surface area contributed by atoms with Crippen LogP contribution in [-0.2, 0) is 0 Å². The fourth-order valence-corrected chi connectivity index (χ4v) is 3.55. The van der Waals surface area contributed by atoms with Crippen LogP contribution in [0.2, 0.25) is 0 Å². The summed E-state index contributed by atoms with van der Waals surface area (Å²) in [5.41, 5.74) is 3.86. The topological polar surface area (TPSA) is 101 Å². The van der Waals surface area contributed by atoms with E-state index in [0.717, 1.165) is 27.7 Å². The minimum Gasteiger partial charge on any atom is -0.480 e. The van der Waals surface area contributed by atoms with E-state index in [1.54, 1.807) is 20.2 Å². The number of nitrogens with zero attached hydrogens (tertiary/aromatic N) is 5. The number of aromatic nitrogens is 5. The van der Waals surface area contributed by atoms with Crippen LogP contribution in [0.1, 0.15) is 19.8 Å². The maximum absolute atomic E-state index is 9.86. The molecule has 1 aliphatic carbocycles. The molecule has 8 nitrogen and oxygen atoms in total. The maximum atomic E-state index is 9.86. The van der Waals surface area contributed by atoms with Crippen LogP contribution in [0.25, 0.3) is 27.7 Å². The van der Waals surface area contributed by atoms with Crippen LogP contribution in [0.5, 0.6) is 5.88 Å². The summed E-state index contributed by atoms with van der Waals surface area (Å²) in [5.74, 6) is 0.805. The van der Waals surface area contributed by atoms with Gasteiger partial charge in [-0.25, -0.2) is 9.51 Å². The number of ether oxygens (including phenoxy) is 1. The molecule has 4 heterocycles. The first-order chi connectivity index (χ1) is 13.0. The van der Waals surface area contributed by atoms with Crippen LogP contribution >= 0.6 is 0 Å². The van der Waals surface area contributed by atoms with Crippen molar-refractivity contribution < 1.29 is 9.84 Å². The Labute approximate surface area is 154 Å². The number of aliphatic hydroxyl groups is 1. The average molecular weight is 362 g/mol. The second kappa shape index (κ2) is 5.62. The van der Waals surface area contributed by atoms with Gasteiger partial charge in [-0.05, 0) is 30.7 Å². The molecule has 0 unspecified atom stereocenters. The van der Waals surface area contributed by atoms with Crippen molar-refractivity contribution in [2.75, 3.05) is 7.11 Å². The van der Waals surface area contributed by atoms with Crippen LogP contribution in [0.15, 0.2) is 41.8 Å². The van der Waals surface area contributed by atoms with Gasteiger partial charge in [-0.3, -0.25) is 0 Å². The van der Waals surface area contributed by atoms with E-state index in [4.69, 9.17) is 4.74 Å². The first kappa shape index (κ1) is 16.0. The first-order valence-corrected chi connectivity index (χ1v) is 8.68. The Morgan fingerprint density at radius 3 is 2.93 bits per heavy atom. The predicted molar refractivity (Wildman–Crippen MR) is 102 cm³/mol. The van der Waals surface area contributed by atoms with Crippen molar-refractivity contribution in [2.45, 2.75) is 25.4 Å². The summed E-state index contributed by atoms with van der Waals surface area (Å²) in [5, 5.41) is 14.9. The molecule has 8 heteroatoms. The van der Waals surface area contributed by atoms with Gasteiger partial charge in [0.25, 0.3) is 5.95 Å². The van der Waals surface area contributed by atoms with Gasteiger partial charge in [-0.2, -0.15) is 15.1 Å². The predicted octanol–water partition coefficient (Wildman–Crippen LogP) is 2.90. The normalized spacial score (nSPS) is 19.4. The quantitative estimate of drug-likeness (QED) is 0.584. The molecule has 4 aromatic heterocycles. The second-order valence-electron chi connectivity index (χ2n) is 7.10. The summed E-state index contributed by atoms with van der Waals surface area (Å²) in [7, 11) is 1.59. The maximum Gasteiger partial charge on any atom is 0.254 e. The number of aromatic amines is 1. The highest BCUT2D eigenvalue weighted by atomic mass is 16.5. The number of aliphatic imine (C=N–C) groups is 1. The molecular weight excluding hydrogens is 344 g/mol. The third-order valence-corrected chi connectivity index (χ3v) is 4.82. The largest absolute Gasteiger partial charge is 0.480 e. The van der Waals surface area contributed by atoms with Gasteiger partial charge in [0.15, 0.2) is 0 Å². The van der Waals surface area contributed by atoms with Gasteiger partial charge in [0.2, 0.25) is 5.88 Å². The molecule has 0 saturated heterocycles. The minimum atomic E-state index is -0.668. The minimum absolute atomic E-state index is 0.337. The summed E-state index contributed by atoms with van der Waals surface area (Å²) in [4.78, 5) is 16.6. The smallest absolute Gasteiger partial charge is 0.254 e. The molecule has 4 aromatic rings. The highest BCUT2D eigenvalue weighted by Crippen LogP contribution is 2.36. The first-order valence-electron chi connectivity index (χ1n) is 8.68. The Bertz CT molecular complexity index is 1190. The highest BCUT2D eigenvalue weighted by Gasteiger charge is 2.35. The zero-order chi connectivity index (χ0) is 18.6. The number of hydrogen-bond donors (Lipinski definition) is 2. The third-order valence-electron chi connectivity index (χ3n) is 4.82. The molecule has 27 heavy (non-hydrogen) atoms. The van der Waals surface area contributed by atoms with Crippen LogP contribution in [0, 0.1) is 0 Å². The Hall–Kier alpha value is -3.26. The Morgan fingerprint density at radius 2 is 2.15 bits per heavy atom. The number of rotatable bonds is 3. The molecule has 0 aliphatic heterocycles. The average Bonchev–Trinajstić information content (AvgIpc) is 3.25. The Balaban J connectivity index is 1.61. The van der Waals surface area contributed by atoms with E-state index in [1.807, 2.05) is 29.0 Å². The van der Waals surface area contributed by atoms with E-state index in [-0.39, 0.29) is 0 Å². The summed E-state index contributed by atoms with van der Waals surface area (Å²) >= 11 is 0. The van der Waals surface area contributed by atoms with Gasteiger partial charge in [-0.15, -0.1) is 0 Å². The number of H-pyrrole nitrogens is 1. The molecule has 0 bridgehead atoms. The molecule has 0 radical (unpaired) electrons. The zero-order valence-corrected chi connectivity index (χ0v) is 15.0. The molecule has 0 aromatic carbocycles. The standard InChI is InChI=1S/C19H18N6O2/c1-19(26)8-12(9-19)22-18-23-16-15(17(24-18)27-2)14(10-20-16)11-4-6-25-13(7-11)3-5-21-25/h3-7,10,26H,8-9H2,1-2H3,(H,20,23,24). The summed E-state index contributed by atoms with van der Waals surface area (Å²) in [6.07, 6.45) is 6.66. The van der Waals surface area contributed by atoms with Crippen LogP contribution in [0.3, 0.4) is 0 Å². The molecule has 0 spiro atoms. The van der Waals surface area contributed by atoms with Gasteiger partial charge < -0.3 is 14.8 Å². The van der Waals surface area contributed by atoms with Crippen molar-refractivity contribution >= 4 is 28.2 Å². The van der Waals surface area contributed by atoms with Crippen molar-refractivity contribution in [3.63, 3.8) is 0 Å². The van der Waals surface area contributed by atoms with E-state index >= 15 is 0 Å². The molecule has 1 fully saturated rings. The lowest BCUT2D eigenvalue weighted by Crippen LogP contribution is -2.41. The second-order valence-corrected chi connectivity index (χ2v) is 7.10. The van der Waals surface area contributed by atoms with Crippen molar-refractivity contribution in [3.05, 3.63) is 36.8 Å². The lowest BCUT2D eigenvalue weighted by atomic mass is 9.80. The van der Waals surface area contributed by atoms with Crippen molar-refractivity contribution in [1.29, 1.82) is 0 Å². The molecular formula is C19H18N6O2.